The lowest BCUT2D eigenvalue weighted by Gasteiger charge is -2.13. The standard InChI is InChI=1S/C24H31N3O4/c1-17-7-10-19(11-8-17)23(28)26-20(24(29)25-13-6-14-27(2)3)15-18-9-12-21(30-4)22(16-18)31-5/h7-12,15-16H,6,13-14H2,1-5H3,(H,25,29)(H,26,28)/b20-15-. The van der Waals surface area contributed by atoms with Crippen LogP contribution >= 0.6 is 0 Å². The molecule has 0 atom stereocenters. The molecule has 0 aliphatic carbocycles. The van der Waals surface area contributed by atoms with Crippen LogP contribution < -0.4 is 20.1 Å². The average molecular weight is 426 g/mol. The normalized spacial score (nSPS) is 11.2. The highest BCUT2D eigenvalue weighted by atomic mass is 16.5. The molecule has 0 aliphatic rings. The number of nitrogens with zero attached hydrogens (tertiary/aromatic N) is 1. The zero-order chi connectivity index (χ0) is 22.8. The van der Waals surface area contributed by atoms with E-state index in [2.05, 4.69) is 10.6 Å². The molecule has 2 amide bonds. The Labute approximate surface area is 184 Å². The zero-order valence-electron chi connectivity index (χ0n) is 18.8. The van der Waals surface area contributed by atoms with Gasteiger partial charge in [0.15, 0.2) is 11.5 Å². The summed E-state index contributed by atoms with van der Waals surface area (Å²) < 4.78 is 10.6. The van der Waals surface area contributed by atoms with E-state index >= 15 is 0 Å². The van der Waals surface area contributed by atoms with Gasteiger partial charge >= 0.3 is 0 Å². The molecule has 2 N–H and O–H groups in total. The molecule has 166 valence electrons. The molecule has 0 radical (unpaired) electrons. The highest BCUT2D eigenvalue weighted by molar-refractivity contribution is 6.05. The van der Waals surface area contributed by atoms with Gasteiger partial charge in [-0.15, -0.1) is 0 Å². The van der Waals surface area contributed by atoms with Gasteiger partial charge in [0.25, 0.3) is 11.8 Å². The Bertz CT molecular complexity index is 921. The minimum absolute atomic E-state index is 0.155. The Morgan fingerprint density at radius 1 is 1.00 bits per heavy atom. The van der Waals surface area contributed by atoms with Crippen molar-refractivity contribution in [2.45, 2.75) is 13.3 Å². The Balaban J connectivity index is 2.26. The maximum Gasteiger partial charge on any atom is 0.267 e. The molecule has 0 bridgehead atoms. The van der Waals surface area contributed by atoms with Gasteiger partial charge in [0, 0.05) is 12.1 Å². The molecule has 0 saturated heterocycles. The van der Waals surface area contributed by atoms with Crippen molar-refractivity contribution >= 4 is 17.9 Å². The summed E-state index contributed by atoms with van der Waals surface area (Å²) in [5.41, 5.74) is 2.38. The summed E-state index contributed by atoms with van der Waals surface area (Å²) >= 11 is 0. The van der Waals surface area contributed by atoms with E-state index in [1.807, 2.05) is 38.1 Å². The second kappa shape index (κ2) is 11.8. The third-order valence-corrected chi connectivity index (χ3v) is 4.59. The number of amides is 2. The summed E-state index contributed by atoms with van der Waals surface area (Å²) in [5.74, 6) is 0.411. The Morgan fingerprint density at radius 3 is 2.29 bits per heavy atom. The van der Waals surface area contributed by atoms with Crippen LogP contribution in [0.2, 0.25) is 0 Å². The fourth-order valence-electron chi connectivity index (χ4n) is 2.86. The maximum atomic E-state index is 12.8. The summed E-state index contributed by atoms with van der Waals surface area (Å²) in [6.45, 7) is 3.30. The van der Waals surface area contributed by atoms with Gasteiger partial charge in [-0.3, -0.25) is 9.59 Å². The summed E-state index contributed by atoms with van der Waals surface area (Å²) in [6.07, 6.45) is 2.42. The number of nitrogens with one attached hydrogen (secondary N) is 2. The number of ether oxygens (including phenoxy) is 2. The number of carbonyl (C=O) groups excluding carboxylic acids is 2. The van der Waals surface area contributed by atoms with E-state index in [1.54, 1.807) is 50.6 Å². The fraction of sp³-hybridized carbons (Fsp3) is 0.333. The van der Waals surface area contributed by atoms with Crippen LogP contribution in [-0.2, 0) is 4.79 Å². The second-order valence-electron chi connectivity index (χ2n) is 7.41. The van der Waals surface area contributed by atoms with E-state index in [0.717, 1.165) is 18.5 Å². The number of hydrogen-bond acceptors (Lipinski definition) is 5. The van der Waals surface area contributed by atoms with Gasteiger partial charge in [-0.1, -0.05) is 23.8 Å². The van der Waals surface area contributed by atoms with Crippen molar-refractivity contribution in [2.75, 3.05) is 41.4 Å². The molecule has 0 aromatic heterocycles. The van der Waals surface area contributed by atoms with Gasteiger partial charge in [-0.05, 0) is 69.9 Å². The van der Waals surface area contributed by atoms with Crippen molar-refractivity contribution in [1.82, 2.24) is 15.5 Å². The van der Waals surface area contributed by atoms with Gasteiger partial charge in [0.05, 0.1) is 14.2 Å². The van der Waals surface area contributed by atoms with Crippen LogP contribution in [0.3, 0.4) is 0 Å². The first-order valence-corrected chi connectivity index (χ1v) is 10.1. The molecule has 0 fully saturated rings. The molecule has 0 aliphatic heterocycles. The first kappa shape index (κ1) is 24.0. The monoisotopic (exact) mass is 425 g/mol. The Hall–Kier alpha value is -3.32. The van der Waals surface area contributed by atoms with Crippen molar-refractivity contribution < 1.29 is 19.1 Å². The number of benzene rings is 2. The van der Waals surface area contributed by atoms with Crippen LogP contribution in [0.15, 0.2) is 48.2 Å². The number of rotatable bonds is 10. The van der Waals surface area contributed by atoms with Crippen LogP contribution in [0.4, 0.5) is 0 Å². The first-order chi connectivity index (χ1) is 14.8. The first-order valence-electron chi connectivity index (χ1n) is 10.1. The minimum Gasteiger partial charge on any atom is -0.493 e. The molecule has 31 heavy (non-hydrogen) atoms. The third-order valence-electron chi connectivity index (χ3n) is 4.59. The topological polar surface area (TPSA) is 79.9 Å². The lowest BCUT2D eigenvalue weighted by Crippen LogP contribution is -2.36. The van der Waals surface area contributed by atoms with Gasteiger partial charge in [-0.25, -0.2) is 0 Å². The number of aryl methyl sites for hydroxylation is 1. The summed E-state index contributed by atoms with van der Waals surface area (Å²) in [5, 5.41) is 5.62. The lowest BCUT2D eigenvalue weighted by molar-refractivity contribution is -0.117. The second-order valence-corrected chi connectivity index (χ2v) is 7.41. The smallest absolute Gasteiger partial charge is 0.267 e. The van der Waals surface area contributed by atoms with E-state index in [4.69, 9.17) is 9.47 Å². The number of hydrogen-bond donors (Lipinski definition) is 2. The Morgan fingerprint density at radius 2 is 1.68 bits per heavy atom. The van der Waals surface area contributed by atoms with Crippen LogP contribution in [0.25, 0.3) is 6.08 Å². The molecule has 0 saturated carbocycles. The molecular weight excluding hydrogens is 394 g/mol. The Kier molecular flexibility index (Phi) is 9.09. The summed E-state index contributed by atoms with van der Waals surface area (Å²) in [4.78, 5) is 27.6. The molecule has 7 nitrogen and oxygen atoms in total. The molecule has 2 aromatic carbocycles. The van der Waals surface area contributed by atoms with Crippen molar-refractivity contribution in [1.29, 1.82) is 0 Å². The number of carbonyl (C=O) groups is 2. The van der Waals surface area contributed by atoms with Gasteiger partial charge < -0.3 is 25.0 Å². The van der Waals surface area contributed by atoms with Gasteiger partial charge in [-0.2, -0.15) is 0 Å². The van der Waals surface area contributed by atoms with Crippen molar-refractivity contribution in [3.8, 4) is 11.5 Å². The van der Waals surface area contributed by atoms with Crippen LogP contribution in [0.1, 0.15) is 27.9 Å². The largest absolute Gasteiger partial charge is 0.493 e. The van der Waals surface area contributed by atoms with Gasteiger partial charge in [0.1, 0.15) is 5.70 Å². The highest BCUT2D eigenvalue weighted by Gasteiger charge is 2.15. The zero-order valence-corrected chi connectivity index (χ0v) is 18.8. The molecule has 7 heteroatoms. The predicted molar refractivity (Wildman–Crippen MR) is 122 cm³/mol. The molecule has 0 spiro atoms. The summed E-state index contributed by atoms with van der Waals surface area (Å²) in [6, 6.07) is 12.5. The number of methoxy groups -OCH3 is 2. The van der Waals surface area contributed by atoms with Gasteiger partial charge in [0.2, 0.25) is 0 Å². The van der Waals surface area contributed by atoms with Crippen LogP contribution in [0, 0.1) is 6.92 Å². The van der Waals surface area contributed by atoms with Crippen molar-refractivity contribution in [2.24, 2.45) is 0 Å². The van der Waals surface area contributed by atoms with Crippen LogP contribution in [0.5, 0.6) is 11.5 Å². The van der Waals surface area contributed by atoms with E-state index < -0.39 is 0 Å². The van der Waals surface area contributed by atoms with Crippen LogP contribution in [-0.4, -0.2) is 58.1 Å². The minimum atomic E-state index is -0.353. The fourth-order valence-corrected chi connectivity index (χ4v) is 2.86. The van der Waals surface area contributed by atoms with Crippen molar-refractivity contribution in [3.63, 3.8) is 0 Å². The molecular formula is C24H31N3O4. The highest BCUT2D eigenvalue weighted by Crippen LogP contribution is 2.28. The summed E-state index contributed by atoms with van der Waals surface area (Å²) in [7, 11) is 7.06. The molecule has 0 unspecified atom stereocenters. The molecule has 0 heterocycles. The average Bonchev–Trinajstić information content (AvgIpc) is 2.76. The SMILES string of the molecule is COc1ccc(/C=C(\NC(=O)c2ccc(C)cc2)C(=O)NCCCN(C)C)cc1OC. The van der Waals surface area contributed by atoms with E-state index in [1.165, 1.54) is 0 Å². The quantitative estimate of drug-likeness (QED) is 0.452. The third kappa shape index (κ3) is 7.46. The van der Waals surface area contributed by atoms with E-state index in [9.17, 15) is 9.59 Å². The molecule has 2 aromatic rings. The molecule has 2 rings (SSSR count). The van der Waals surface area contributed by atoms with Crippen molar-refractivity contribution in [3.05, 3.63) is 64.9 Å². The predicted octanol–water partition coefficient (Wildman–Crippen LogP) is 2.85. The maximum absolute atomic E-state index is 12.8. The lowest BCUT2D eigenvalue weighted by atomic mass is 10.1. The van der Waals surface area contributed by atoms with E-state index in [0.29, 0.717) is 29.2 Å². The van der Waals surface area contributed by atoms with E-state index in [-0.39, 0.29) is 17.5 Å².